The summed E-state index contributed by atoms with van der Waals surface area (Å²) in [5.74, 6) is -1.94. The molecule has 2 aliphatic rings. The maximum atomic E-state index is 14.8. The van der Waals surface area contributed by atoms with E-state index in [1.807, 2.05) is 30.3 Å². The van der Waals surface area contributed by atoms with Gasteiger partial charge in [0.05, 0.1) is 29.1 Å². The summed E-state index contributed by atoms with van der Waals surface area (Å²) in [4.78, 5) is 76.5. The molecule has 1 aliphatic carbocycles. The van der Waals surface area contributed by atoms with Gasteiger partial charge in [0.1, 0.15) is 61.2 Å². The highest BCUT2D eigenvalue weighted by Crippen LogP contribution is 2.40. The highest BCUT2D eigenvalue weighted by atomic mass is 16.5. The lowest BCUT2D eigenvalue weighted by atomic mass is 9.93. The number of nitrogen functional groups attached to an aromatic ring is 1. The molecule has 366 valence electrons. The first-order valence-electron chi connectivity index (χ1n) is 23.3. The average molecular weight is 946 g/mol. The van der Waals surface area contributed by atoms with Gasteiger partial charge >= 0.3 is 0 Å². The van der Waals surface area contributed by atoms with Gasteiger partial charge in [-0.1, -0.05) is 18.6 Å². The SMILES string of the molecule is Cc1nc(-c2ccc(OC3CCCCC3)cc2)cc(N)c1C(=O)N[C@@H](CCN)C(=O)N(C)[C@@H]1C(=O)N[C@@H](C)C(=O)N[C@H](C(=O)NCC#N)Cc2ccc(OCCN)c(c2)-c2cc1ccc2OCCN. The van der Waals surface area contributed by atoms with E-state index in [9.17, 15) is 29.2 Å². The molecule has 0 unspecified atom stereocenters. The maximum absolute atomic E-state index is 14.8. The van der Waals surface area contributed by atoms with Gasteiger partial charge < -0.3 is 63.3 Å². The van der Waals surface area contributed by atoms with Gasteiger partial charge in [-0.05, 0) is 118 Å². The molecule has 1 aromatic heterocycles. The molecule has 0 spiro atoms. The molecule has 4 aromatic rings. The molecule has 4 bridgehead atoms. The Morgan fingerprint density at radius 3 is 2.19 bits per heavy atom. The fourth-order valence-electron chi connectivity index (χ4n) is 8.58. The van der Waals surface area contributed by atoms with Gasteiger partial charge in [-0.3, -0.25) is 29.0 Å². The molecule has 69 heavy (non-hydrogen) atoms. The molecule has 0 saturated heterocycles. The zero-order valence-electron chi connectivity index (χ0n) is 39.3. The van der Waals surface area contributed by atoms with Crippen molar-refractivity contribution in [3.8, 4) is 45.7 Å². The summed E-state index contributed by atoms with van der Waals surface area (Å²) < 4.78 is 18.4. The summed E-state index contributed by atoms with van der Waals surface area (Å²) in [6, 6.07) is 16.1. The van der Waals surface area contributed by atoms with E-state index in [-0.39, 0.29) is 69.6 Å². The van der Waals surface area contributed by atoms with E-state index in [4.69, 9.17) is 42.1 Å². The molecule has 2 heterocycles. The van der Waals surface area contributed by atoms with Gasteiger partial charge in [0.25, 0.3) is 5.91 Å². The topological polar surface area (TPSA) is 305 Å². The van der Waals surface area contributed by atoms with Crippen LogP contribution in [0.3, 0.4) is 0 Å². The van der Waals surface area contributed by atoms with Crippen LogP contribution in [-0.4, -0.2) is 110 Å². The van der Waals surface area contributed by atoms with Crippen molar-refractivity contribution in [2.24, 2.45) is 17.2 Å². The summed E-state index contributed by atoms with van der Waals surface area (Å²) >= 11 is 0. The van der Waals surface area contributed by atoms with Gasteiger partial charge in [0.2, 0.25) is 23.6 Å². The molecule has 6 rings (SSSR count). The van der Waals surface area contributed by atoms with Crippen molar-refractivity contribution in [2.45, 2.75) is 89.1 Å². The predicted octanol–water partition coefficient (Wildman–Crippen LogP) is 2.53. The fraction of sp³-hybridized carbons (Fsp3) is 0.420. The zero-order chi connectivity index (χ0) is 49.6. The Hall–Kier alpha value is -7.27. The first-order valence-corrected chi connectivity index (χ1v) is 23.3. The van der Waals surface area contributed by atoms with Gasteiger partial charge in [-0.2, -0.15) is 5.26 Å². The Kier molecular flexibility index (Phi) is 17.9. The Bertz CT molecular complexity index is 2500. The lowest BCUT2D eigenvalue weighted by Gasteiger charge is -2.32. The lowest BCUT2D eigenvalue weighted by Crippen LogP contribution is -2.56. The van der Waals surface area contributed by atoms with Gasteiger partial charge in [0.15, 0.2) is 0 Å². The standard InChI is InChI=1S/C50H63N11O8/c1-29-44(38(55)28-40(57-29)32-10-13-35(14-11-32)69-34-7-5-4-6-8-34)48(64)59-39(17-18-51)50(66)61(3)45-33-12-16-43(68-24-21-54)37(27-33)36-25-31(9-15-42(36)67-23-20-53)26-41(47(63)56-22-19-52)60-46(62)30(2)58-49(45)65/h9-16,25,27-28,30,34,39,41,45H,4-8,17-18,20-24,26,51,53-54H2,1-3H3,(H2,55,57)(H,56,63)(H,58,65)(H,59,64)(H,60,62)/t30-,39-,41-,45-/m0/s1. The number of nitrogens with one attached hydrogen (secondary N) is 4. The van der Waals surface area contributed by atoms with Gasteiger partial charge in [-0.15, -0.1) is 0 Å². The molecular formula is C50H63N11O8. The molecule has 3 aromatic carbocycles. The van der Waals surface area contributed by atoms with E-state index < -0.39 is 53.7 Å². The lowest BCUT2D eigenvalue weighted by molar-refractivity contribution is -0.141. The summed E-state index contributed by atoms with van der Waals surface area (Å²) in [5.41, 5.74) is 28.0. The number of aromatic nitrogens is 1. The normalized spacial score (nSPS) is 17.7. The number of hydrogen-bond donors (Lipinski definition) is 8. The molecule has 1 fully saturated rings. The highest BCUT2D eigenvalue weighted by molar-refractivity contribution is 6.03. The van der Waals surface area contributed by atoms with E-state index in [0.717, 1.165) is 37.0 Å². The molecule has 1 saturated carbocycles. The summed E-state index contributed by atoms with van der Waals surface area (Å²) in [7, 11) is 1.40. The van der Waals surface area contributed by atoms with E-state index in [1.54, 1.807) is 49.4 Å². The van der Waals surface area contributed by atoms with Gasteiger partial charge in [-0.25, -0.2) is 0 Å². The molecule has 19 heteroatoms. The van der Waals surface area contributed by atoms with E-state index in [1.165, 1.54) is 25.3 Å². The largest absolute Gasteiger partial charge is 0.492 e. The Morgan fingerprint density at radius 2 is 1.55 bits per heavy atom. The number of ether oxygens (including phenoxy) is 3. The number of likely N-dealkylation sites (N-methyl/N-ethyl adjacent to an activating group) is 1. The molecule has 12 N–H and O–H groups in total. The monoisotopic (exact) mass is 945 g/mol. The van der Waals surface area contributed by atoms with Crippen molar-refractivity contribution < 1.29 is 38.2 Å². The number of rotatable bonds is 17. The van der Waals surface area contributed by atoms with Gasteiger partial charge in [0, 0.05) is 48.9 Å². The summed E-state index contributed by atoms with van der Waals surface area (Å²) in [5, 5.41) is 19.9. The van der Waals surface area contributed by atoms with Crippen molar-refractivity contribution in [3.63, 3.8) is 0 Å². The number of benzene rings is 3. The van der Waals surface area contributed by atoms with E-state index in [0.29, 0.717) is 45.1 Å². The second kappa shape index (κ2) is 24.1. The first kappa shape index (κ1) is 51.1. The van der Waals surface area contributed by atoms with Crippen LogP contribution in [0, 0.1) is 18.3 Å². The number of carbonyl (C=O) groups is 5. The number of amides is 5. The van der Waals surface area contributed by atoms with Crippen LogP contribution in [-0.2, 0) is 25.6 Å². The van der Waals surface area contributed by atoms with Crippen molar-refractivity contribution in [2.75, 3.05) is 52.2 Å². The first-order chi connectivity index (χ1) is 33.3. The number of nitrogens with two attached hydrogens (primary N) is 4. The molecule has 0 radical (unpaired) electrons. The van der Waals surface area contributed by atoms with Crippen LogP contribution >= 0.6 is 0 Å². The van der Waals surface area contributed by atoms with Crippen LogP contribution in [0.15, 0.2) is 66.7 Å². The van der Waals surface area contributed by atoms with Crippen molar-refractivity contribution >= 4 is 35.2 Å². The number of nitriles is 1. The molecule has 5 amide bonds. The number of anilines is 1. The van der Waals surface area contributed by atoms with Crippen LogP contribution in [0.2, 0.25) is 0 Å². The van der Waals surface area contributed by atoms with Crippen LogP contribution < -0.4 is 58.4 Å². The van der Waals surface area contributed by atoms with Crippen LogP contribution in [0.25, 0.3) is 22.4 Å². The third kappa shape index (κ3) is 12.8. The van der Waals surface area contributed by atoms with Crippen molar-refractivity contribution in [3.05, 3.63) is 89.1 Å². The van der Waals surface area contributed by atoms with Crippen LogP contribution in [0.4, 0.5) is 5.69 Å². The van der Waals surface area contributed by atoms with Crippen LogP contribution in [0.5, 0.6) is 17.2 Å². The number of nitrogens with zero attached hydrogens (tertiary/aromatic N) is 3. The summed E-state index contributed by atoms with van der Waals surface area (Å²) in [6.07, 6.45) is 5.78. The third-order valence-electron chi connectivity index (χ3n) is 12.1. The number of fused-ring (bicyclic) bond motifs is 5. The minimum atomic E-state index is -1.42. The minimum absolute atomic E-state index is 0.00401. The van der Waals surface area contributed by atoms with E-state index >= 15 is 0 Å². The smallest absolute Gasteiger partial charge is 0.255 e. The molecular weight excluding hydrogens is 883 g/mol. The Morgan fingerprint density at radius 1 is 0.884 bits per heavy atom. The van der Waals surface area contributed by atoms with Crippen molar-refractivity contribution in [1.29, 1.82) is 5.26 Å². The number of pyridine rings is 1. The quantitative estimate of drug-likeness (QED) is 0.0706. The second-order valence-electron chi connectivity index (χ2n) is 17.1. The fourth-order valence-corrected chi connectivity index (χ4v) is 8.58. The molecule has 4 atom stereocenters. The molecule has 1 aliphatic heterocycles. The van der Waals surface area contributed by atoms with Crippen LogP contribution in [0.1, 0.15) is 78.7 Å². The minimum Gasteiger partial charge on any atom is -0.492 e. The zero-order valence-corrected chi connectivity index (χ0v) is 39.3. The van der Waals surface area contributed by atoms with E-state index in [2.05, 4.69) is 21.3 Å². The number of aryl methyl sites for hydroxylation is 1. The maximum Gasteiger partial charge on any atom is 0.255 e. The predicted molar refractivity (Wildman–Crippen MR) is 260 cm³/mol. The third-order valence-corrected chi connectivity index (χ3v) is 12.1. The number of hydrogen-bond acceptors (Lipinski definition) is 14. The number of carbonyl (C=O) groups excluding carboxylic acids is 5. The average Bonchev–Trinajstić information content (AvgIpc) is 3.34. The highest BCUT2D eigenvalue weighted by Gasteiger charge is 2.36. The Labute approximate surface area is 402 Å². The molecule has 19 nitrogen and oxygen atoms in total. The summed E-state index contributed by atoms with van der Waals surface area (Å²) in [6.45, 7) is 3.40. The second-order valence-corrected chi connectivity index (χ2v) is 17.1. The Balaban J connectivity index is 1.34. The van der Waals surface area contributed by atoms with Crippen molar-refractivity contribution in [1.82, 2.24) is 31.2 Å².